The fraction of sp³-hybridized carbons (Fsp3) is 0.524. The lowest BCUT2D eigenvalue weighted by Crippen LogP contribution is -2.50. The normalized spacial score (nSPS) is 18.6. The van der Waals surface area contributed by atoms with Crippen molar-refractivity contribution in [2.75, 3.05) is 9.62 Å². The zero-order valence-electron chi connectivity index (χ0n) is 19.9. The van der Waals surface area contributed by atoms with Crippen LogP contribution in [0.4, 0.5) is 38.1 Å². The number of amides is 1. The first kappa shape index (κ1) is 27.5. The number of fused-ring (bicyclic) bond motifs is 1. The molecule has 0 saturated heterocycles. The number of aryl methyl sites for hydroxylation is 1. The van der Waals surface area contributed by atoms with E-state index in [1.54, 1.807) is 13.8 Å². The van der Waals surface area contributed by atoms with Crippen LogP contribution in [0, 0.1) is 6.92 Å². The van der Waals surface area contributed by atoms with Crippen molar-refractivity contribution >= 4 is 27.5 Å². The molecule has 0 radical (unpaired) electrons. The van der Waals surface area contributed by atoms with Gasteiger partial charge in [0.15, 0.2) is 0 Å². The summed E-state index contributed by atoms with van der Waals surface area (Å²) >= 11 is 0. The van der Waals surface area contributed by atoms with Gasteiger partial charge in [-0.05, 0) is 52.3 Å². The van der Waals surface area contributed by atoms with E-state index in [0.29, 0.717) is 20.3 Å². The summed E-state index contributed by atoms with van der Waals surface area (Å²) in [5.74, 6) is 0.108. The van der Waals surface area contributed by atoms with Crippen molar-refractivity contribution in [3.8, 4) is 5.75 Å². The van der Waals surface area contributed by atoms with Crippen LogP contribution in [-0.2, 0) is 14.8 Å². The molecule has 1 aromatic carbocycles. The number of nitrogens with one attached hydrogen (secondary N) is 1. The summed E-state index contributed by atoms with van der Waals surface area (Å²) in [5.41, 5.74) is -3.07. The standard InChI is InChI=1S/C21H25F5N4O5S/c1-6-15-12(3)30(36(32,33)17-10-29(18(22)23)28-11(17)2)14-9-13(7-8-16(14)34-15)27-19(31)35-20(4,5)21(24,25)26/h7-10,12,15,18H,6H2,1-5H3,(H,27,31). The second-order valence-electron chi connectivity index (χ2n) is 8.65. The van der Waals surface area contributed by atoms with Gasteiger partial charge in [0.2, 0.25) is 5.60 Å². The average molecular weight is 541 g/mol. The summed E-state index contributed by atoms with van der Waals surface area (Å²) in [6.07, 6.45) is -5.73. The molecule has 0 bridgehead atoms. The quantitative estimate of drug-likeness (QED) is 0.504. The zero-order chi connectivity index (χ0) is 27.2. The Kier molecular flexibility index (Phi) is 7.18. The molecule has 1 N–H and O–H groups in total. The topological polar surface area (TPSA) is 103 Å². The molecule has 1 aliphatic heterocycles. The van der Waals surface area contributed by atoms with E-state index in [1.165, 1.54) is 25.1 Å². The molecule has 2 unspecified atom stereocenters. The van der Waals surface area contributed by atoms with Crippen LogP contribution in [0.25, 0.3) is 0 Å². The molecular weight excluding hydrogens is 515 g/mol. The largest absolute Gasteiger partial charge is 0.486 e. The highest BCUT2D eigenvalue weighted by Gasteiger charge is 2.51. The maximum absolute atomic E-state index is 13.6. The second-order valence-corrected chi connectivity index (χ2v) is 10.4. The second kappa shape index (κ2) is 9.41. The molecule has 2 aromatic rings. The fourth-order valence-corrected chi connectivity index (χ4v) is 5.47. The van der Waals surface area contributed by atoms with E-state index in [2.05, 4.69) is 15.2 Å². The van der Waals surface area contributed by atoms with Crippen LogP contribution in [0.15, 0.2) is 29.3 Å². The van der Waals surface area contributed by atoms with Crippen LogP contribution in [0.2, 0.25) is 0 Å². The number of aromatic nitrogens is 2. The van der Waals surface area contributed by atoms with Crippen molar-refractivity contribution in [1.82, 2.24) is 9.78 Å². The molecule has 0 aliphatic carbocycles. The predicted molar refractivity (Wildman–Crippen MR) is 119 cm³/mol. The van der Waals surface area contributed by atoms with E-state index in [4.69, 9.17) is 4.74 Å². The smallest absolute Gasteiger partial charge is 0.427 e. The van der Waals surface area contributed by atoms with Crippen LogP contribution in [-0.4, -0.2) is 48.2 Å². The Morgan fingerprint density at radius 2 is 1.92 bits per heavy atom. The number of halogens is 5. The average Bonchev–Trinajstić information content (AvgIpc) is 3.14. The Bertz CT molecular complexity index is 1250. The molecular formula is C21H25F5N4O5S. The van der Waals surface area contributed by atoms with Gasteiger partial charge in [-0.3, -0.25) is 9.62 Å². The first-order valence-electron chi connectivity index (χ1n) is 10.8. The van der Waals surface area contributed by atoms with Crippen LogP contribution >= 0.6 is 0 Å². The number of anilines is 2. The van der Waals surface area contributed by atoms with E-state index in [-0.39, 0.29) is 27.5 Å². The van der Waals surface area contributed by atoms with Crippen LogP contribution in [0.1, 0.15) is 46.4 Å². The van der Waals surface area contributed by atoms with E-state index in [9.17, 15) is 35.2 Å². The number of hydrogen-bond donors (Lipinski definition) is 1. The fourth-order valence-electron chi connectivity index (χ4n) is 3.63. The van der Waals surface area contributed by atoms with Crippen LogP contribution in [0.3, 0.4) is 0 Å². The first-order chi connectivity index (χ1) is 16.5. The third-order valence-electron chi connectivity index (χ3n) is 5.67. The van der Waals surface area contributed by atoms with Crippen LogP contribution < -0.4 is 14.4 Å². The van der Waals surface area contributed by atoms with Crippen LogP contribution in [0.5, 0.6) is 5.75 Å². The maximum Gasteiger partial charge on any atom is 0.427 e. The van der Waals surface area contributed by atoms with Gasteiger partial charge in [-0.25, -0.2) is 17.9 Å². The molecule has 2 atom stereocenters. The number of carbonyl (C=O) groups excluding carboxylic acids is 1. The highest BCUT2D eigenvalue weighted by Crippen LogP contribution is 2.42. The lowest BCUT2D eigenvalue weighted by molar-refractivity contribution is -0.242. The van der Waals surface area contributed by atoms with Gasteiger partial charge in [0.05, 0.1) is 23.6 Å². The Morgan fingerprint density at radius 1 is 1.28 bits per heavy atom. The number of hydrogen-bond acceptors (Lipinski definition) is 6. The van der Waals surface area contributed by atoms with Crippen molar-refractivity contribution in [3.05, 3.63) is 30.1 Å². The minimum atomic E-state index is -4.83. The summed E-state index contributed by atoms with van der Waals surface area (Å²) in [6, 6.07) is 3.01. The number of ether oxygens (including phenoxy) is 2. The van der Waals surface area contributed by atoms with Gasteiger partial charge in [-0.1, -0.05) is 6.92 Å². The summed E-state index contributed by atoms with van der Waals surface area (Å²) in [7, 11) is -4.46. The number of sulfonamides is 1. The minimum absolute atomic E-state index is 0.0516. The number of rotatable bonds is 6. The molecule has 9 nitrogen and oxygen atoms in total. The highest BCUT2D eigenvalue weighted by atomic mass is 32.2. The third-order valence-corrected chi connectivity index (χ3v) is 7.67. The molecule has 0 saturated carbocycles. The van der Waals surface area contributed by atoms with Gasteiger partial charge in [0.25, 0.3) is 10.0 Å². The van der Waals surface area contributed by atoms with E-state index < -0.39 is 51.5 Å². The Balaban J connectivity index is 2.03. The van der Waals surface area contributed by atoms with Gasteiger partial charge in [0, 0.05) is 5.69 Å². The summed E-state index contributed by atoms with van der Waals surface area (Å²) in [6.45, 7) is 2.89. The molecule has 36 heavy (non-hydrogen) atoms. The Labute approximate surface area is 204 Å². The zero-order valence-corrected chi connectivity index (χ0v) is 20.7. The molecule has 1 amide bonds. The SMILES string of the molecule is CCC1Oc2ccc(NC(=O)OC(C)(C)C(F)(F)F)cc2N(S(=O)(=O)c2cn(C(F)F)nc2C)C1C. The van der Waals surface area contributed by atoms with Crippen molar-refractivity contribution in [2.45, 2.75) is 76.4 Å². The van der Waals surface area contributed by atoms with Crippen molar-refractivity contribution in [1.29, 1.82) is 0 Å². The maximum atomic E-state index is 13.6. The number of benzene rings is 1. The Hall–Kier alpha value is -3.10. The molecule has 3 rings (SSSR count). The van der Waals surface area contributed by atoms with Gasteiger partial charge in [-0.2, -0.15) is 27.1 Å². The monoisotopic (exact) mass is 540 g/mol. The molecule has 0 fully saturated rings. The van der Waals surface area contributed by atoms with Gasteiger partial charge in [-0.15, -0.1) is 0 Å². The first-order valence-corrected chi connectivity index (χ1v) is 12.2. The van der Waals surface area contributed by atoms with E-state index in [0.717, 1.165) is 10.5 Å². The summed E-state index contributed by atoms with van der Waals surface area (Å²) < 4.78 is 104. The highest BCUT2D eigenvalue weighted by molar-refractivity contribution is 7.93. The van der Waals surface area contributed by atoms with Gasteiger partial charge < -0.3 is 9.47 Å². The number of carbonyl (C=O) groups is 1. The van der Waals surface area contributed by atoms with Crippen molar-refractivity contribution in [2.24, 2.45) is 0 Å². The lowest BCUT2D eigenvalue weighted by atomic mass is 10.1. The number of nitrogens with zero attached hydrogens (tertiary/aromatic N) is 3. The van der Waals surface area contributed by atoms with E-state index >= 15 is 0 Å². The molecule has 200 valence electrons. The molecule has 0 spiro atoms. The van der Waals surface area contributed by atoms with E-state index in [1.807, 2.05) is 0 Å². The third kappa shape index (κ3) is 5.06. The molecule has 1 aliphatic rings. The molecule has 15 heteroatoms. The number of alkyl halides is 5. The minimum Gasteiger partial charge on any atom is -0.486 e. The van der Waals surface area contributed by atoms with Gasteiger partial charge >= 0.3 is 18.8 Å². The molecule has 2 heterocycles. The van der Waals surface area contributed by atoms with Gasteiger partial charge in [0.1, 0.15) is 16.7 Å². The Morgan fingerprint density at radius 3 is 2.44 bits per heavy atom. The van der Waals surface area contributed by atoms with Crippen molar-refractivity contribution in [3.63, 3.8) is 0 Å². The summed E-state index contributed by atoms with van der Waals surface area (Å²) in [5, 5.41) is 5.72. The molecule has 1 aromatic heterocycles. The van der Waals surface area contributed by atoms with Crippen molar-refractivity contribution < 1.29 is 44.6 Å². The lowest BCUT2D eigenvalue weighted by Gasteiger charge is -2.40. The summed E-state index contributed by atoms with van der Waals surface area (Å²) in [4.78, 5) is 11.7. The predicted octanol–water partition coefficient (Wildman–Crippen LogP) is 5.23.